The van der Waals surface area contributed by atoms with Crippen LogP contribution in [0.25, 0.3) is 0 Å². The summed E-state index contributed by atoms with van der Waals surface area (Å²) < 4.78 is 4.93. The maximum Gasteiger partial charge on any atom is 0.341 e. The fourth-order valence-corrected chi connectivity index (χ4v) is 2.80. The SMILES string of the molecule is CCOC(=O)c1cnc(CC2(c3cccc(Cl)c3)CC2)nc1. The van der Waals surface area contributed by atoms with E-state index in [1.165, 1.54) is 18.0 Å². The van der Waals surface area contributed by atoms with Gasteiger partial charge >= 0.3 is 5.97 Å². The minimum atomic E-state index is -0.384. The van der Waals surface area contributed by atoms with Gasteiger partial charge in [-0.3, -0.25) is 0 Å². The molecule has 1 aromatic heterocycles. The van der Waals surface area contributed by atoms with Crippen LogP contribution in [0.5, 0.6) is 0 Å². The monoisotopic (exact) mass is 316 g/mol. The zero-order valence-corrected chi connectivity index (χ0v) is 13.1. The van der Waals surface area contributed by atoms with Crippen LogP contribution in [-0.2, 0) is 16.6 Å². The predicted octanol–water partition coefficient (Wildman–Crippen LogP) is 3.58. The maximum atomic E-state index is 11.6. The van der Waals surface area contributed by atoms with E-state index in [1.54, 1.807) is 6.92 Å². The molecule has 0 amide bonds. The number of hydrogen-bond acceptors (Lipinski definition) is 4. The third kappa shape index (κ3) is 3.12. The van der Waals surface area contributed by atoms with Crippen LogP contribution in [0.2, 0.25) is 5.02 Å². The van der Waals surface area contributed by atoms with Gasteiger partial charge in [0, 0.05) is 29.3 Å². The van der Waals surface area contributed by atoms with Crippen molar-refractivity contribution in [2.75, 3.05) is 6.61 Å². The van der Waals surface area contributed by atoms with Crippen LogP contribution in [0, 0.1) is 0 Å². The number of aromatic nitrogens is 2. The van der Waals surface area contributed by atoms with Crippen LogP contribution in [0.3, 0.4) is 0 Å². The quantitative estimate of drug-likeness (QED) is 0.791. The van der Waals surface area contributed by atoms with Gasteiger partial charge in [0.1, 0.15) is 5.82 Å². The van der Waals surface area contributed by atoms with Gasteiger partial charge in [0.15, 0.2) is 0 Å². The summed E-state index contributed by atoms with van der Waals surface area (Å²) in [5, 5.41) is 0.752. The number of rotatable bonds is 5. The Bertz CT molecular complexity index is 681. The Balaban J connectivity index is 1.75. The number of carbonyl (C=O) groups is 1. The van der Waals surface area contributed by atoms with E-state index >= 15 is 0 Å². The van der Waals surface area contributed by atoms with Crippen LogP contribution in [0.4, 0.5) is 0 Å². The first-order chi connectivity index (χ1) is 10.6. The Morgan fingerprint density at radius 2 is 2.05 bits per heavy atom. The lowest BCUT2D eigenvalue weighted by molar-refractivity contribution is 0.0525. The molecular formula is C17H17ClN2O2. The summed E-state index contributed by atoms with van der Waals surface area (Å²) in [5.74, 6) is 0.357. The smallest absolute Gasteiger partial charge is 0.341 e. The molecule has 1 heterocycles. The zero-order valence-electron chi connectivity index (χ0n) is 12.4. The first kappa shape index (κ1) is 15.0. The molecular weight excluding hydrogens is 300 g/mol. The third-order valence-corrected chi connectivity index (χ3v) is 4.24. The molecule has 22 heavy (non-hydrogen) atoms. The van der Waals surface area contributed by atoms with E-state index in [0.717, 1.165) is 30.1 Å². The highest BCUT2D eigenvalue weighted by Gasteiger charge is 2.44. The van der Waals surface area contributed by atoms with Gasteiger partial charge in [-0.25, -0.2) is 14.8 Å². The predicted molar refractivity (Wildman–Crippen MR) is 84.1 cm³/mol. The van der Waals surface area contributed by atoms with Gasteiger partial charge in [0.2, 0.25) is 0 Å². The zero-order chi connectivity index (χ0) is 15.6. The molecule has 1 saturated carbocycles. The molecule has 2 aromatic rings. The van der Waals surface area contributed by atoms with Crippen LogP contribution < -0.4 is 0 Å². The normalized spacial score (nSPS) is 15.4. The van der Waals surface area contributed by atoms with E-state index in [1.807, 2.05) is 18.2 Å². The summed E-state index contributed by atoms with van der Waals surface area (Å²) in [4.78, 5) is 20.2. The molecule has 0 aliphatic heterocycles. The van der Waals surface area contributed by atoms with E-state index in [-0.39, 0.29) is 11.4 Å². The number of hydrogen-bond donors (Lipinski definition) is 0. The van der Waals surface area contributed by atoms with E-state index in [0.29, 0.717) is 12.2 Å². The van der Waals surface area contributed by atoms with Gasteiger partial charge < -0.3 is 4.74 Å². The molecule has 3 rings (SSSR count). The van der Waals surface area contributed by atoms with Crippen LogP contribution in [0.1, 0.15) is 41.5 Å². The molecule has 1 aromatic carbocycles. The summed E-state index contributed by atoms with van der Waals surface area (Å²) in [7, 11) is 0. The first-order valence-electron chi connectivity index (χ1n) is 7.37. The van der Waals surface area contributed by atoms with E-state index in [9.17, 15) is 4.79 Å². The van der Waals surface area contributed by atoms with Crippen LogP contribution >= 0.6 is 11.6 Å². The number of halogens is 1. The molecule has 1 fully saturated rings. The highest BCUT2D eigenvalue weighted by atomic mass is 35.5. The van der Waals surface area contributed by atoms with Crippen LogP contribution in [0.15, 0.2) is 36.7 Å². The molecule has 0 atom stereocenters. The Hall–Kier alpha value is -1.94. The van der Waals surface area contributed by atoms with Crippen LogP contribution in [-0.4, -0.2) is 22.5 Å². The molecule has 1 aliphatic carbocycles. The molecule has 1 aliphatic rings. The average Bonchev–Trinajstić information content (AvgIpc) is 3.29. The number of carbonyl (C=O) groups excluding carboxylic acids is 1. The molecule has 5 heteroatoms. The van der Waals surface area contributed by atoms with Crippen molar-refractivity contribution in [3.63, 3.8) is 0 Å². The Morgan fingerprint density at radius 1 is 1.32 bits per heavy atom. The van der Waals surface area contributed by atoms with Gasteiger partial charge in [0.05, 0.1) is 12.2 Å². The summed E-state index contributed by atoms with van der Waals surface area (Å²) in [6.45, 7) is 2.12. The first-order valence-corrected chi connectivity index (χ1v) is 7.75. The Labute approximate surface area is 134 Å². The van der Waals surface area contributed by atoms with Gasteiger partial charge in [-0.05, 0) is 37.5 Å². The topological polar surface area (TPSA) is 52.1 Å². The second-order valence-corrected chi connectivity index (χ2v) is 6.01. The molecule has 0 saturated heterocycles. The van der Waals surface area contributed by atoms with Gasteiger partial charge in [-0.2, -0.15) is 0 Å². The summed E-state index contributed by atoms with van der Waals surface area (Å²) in [6.07, 6.45) is 6.05. The molecule has 0 spiro atoms. The van der Waals surface area contributed by atoms with Crippen molar-refractivity contribution in [3.8, 4) is 0 Å². The van der Waals surface area contributed by atoms with E-state index in [2.05, 4.69) is 16.0 Å². The van der Waals surface area contributed by atoms with Crippen molar-refractivity contribution in [2.24, 2.45) is 0 Å². The molecule has 0 bridgehead atoms. The highest BCUT2D eigenvalue weighted by Crippen LogP contribution is 2.50. The molecule has 0 N–H and O–H groups in total. The van der Waals surface area contributed by atoms with Crippen molar-refractivity contribution >= 4 is 17.6 Å². The minimum absolute atomic E-state index is 0.0936. The summed E-state index contributed by atoms with van der Waals surface area (Å²) in [5.41, 5.74) is 1.72. The summed E-state index contributed by atoms with van der Waals surface area (Å²) >= 11 is 6.08. The highest BCUT2D eigenvalue weighted by molar-refractivity contribution is 6.30. The fourth-order valence-electron chi connectivity index (χ4n) is 2.61. The average molecular weight is 317 g/mol. The maximum absolute atomic E-state index is 11.6. The van der Waals surface area contributed by atoms with E-state index < -0.39 is 0 Å². The van der Waals surface area contributed by atoms with Crippen molar-refractivity contribution in [1.29, 1.82) is 0 Å². The van der Waals surface area contributed by atoms with Gasteiger partial charge in [-0.1, -0.05) is 23.7 Å². The summed E-state index contributed by atoms with van der Waals surface area (Å²) in [6, 6.07) is 7.97. The number of esters is 1. The Kier molecular flexibility index (Phi) is 4.12. The van der Waals surface area contributed by atoms with Crippen molar-refractivity contribution < 1.29 is 9.53 Å². The van der Waals surface area contributed by atoms with Gasteiger partial charge in [0.25, 0.3) is 0 Å². The second kappa shape index (κ2) is 6.05. The molecule has 114 valence electrons. The molecule has 0 unspecified atom stereocenters. The van der Waals surface area contributed by atoms with Gasteiger partial charge in [-0.15, -0.1) is 0 Å². The lowest BCUT2D eigenvalue weighted by atomic mass is 9.92. The molecule has 4 nitrogen and oxygen atoms in total. The standard InChI is InChI=1S/C17H17ClN2O2/c1-2-22-16(21)12-10-19-15(20-11-12)9-17(6-7-17)13-4-3-5-14(18)8-13/h3-5,8,10-11H,2,6-7,9H2,1H3. The number of ether oxygens (including phenoxy) is 1. The van der Waals surface area contributed by atoms with Crippen molar-refractivity contribution in [2.45, 2.75) is 31.6 Å². The largest absolute Gasteiger partial charge is 0.462 e. The molecule has 0 radical (unpaired) electrons. The van der Waals surface area contributed by atoms with Crippen molar-refractivity contribution in [3.05, 3.63) is 58.6 Å². The van der Waals surface area contributed by atoms with E-state index in [4.69, 9.17) is 16.3 Å². The second-order valence-electron chi connectivity index (χ2n) is 5.58. The van der Waals surface area contributed by atoms with Crippen molar-refractivity contribution in [1.82, 2.24) is 9.97 Å². The minimum Gasteiger partial charge on any atom is -0.462 e. The number of nitrogens with zero attached hydrogens (tertiary/aromatic N) is 2. The fraction of sp³-hybridized carbons (Fsp3) is 0.353. The number of benzene rings is 1. The lowest BCUT2D eigenvalue weighted by Gasteiger charge is -2.15. The third-order valence-electron chi connectivity index (χ3n) is 4.00. The lowest BCUT2D eigenvalue weighted by Crippen LogP contribution is -2.14. The Morgan fingerprint density at radius 3 is 2.64 bits per heavy atom.